The summed E-state index contributed by atoms with van der Waals surface area (Å²) in [5, 5.41) is 17.4. The van der Waals surface area contributed by atoms with Gasteiger partial charge >= 0.3 is 0 Å². The van der Waals surface area contributed by atoms with Gasteiger partial charge in [-0.1, -0.05) is 30.3 Å². The Morgan fingerprint density at radius 3 is 2.40 bits per heavy atom. The molecule has 2 N–H and O–H groups in total. The first kappa shape index (κ1) is 34.5. The van der Waals surface area contributed by atoms with Crippen molar-refractivity contribution in [1.29, 1.82) is 0 Å². The molecule has 5 rings (SSSR count). The molecule has 2 amide bonds. The van der Waals surface area contributed by atoms with E-state index in [0.717, 1.165) is 16.3 Å². The number of benzene rings is 2. The molecule has 2 aromatic carbocycles. The third-order valence-electron chi connectivity index (χ3n) is 8.11. The number of amides is 2. The molecule has 0 radical (unpaired) electrons. The highest BCUT2D eigenvalue weighted by Gasteiger charge is 2.26. The van der Waals surface area contributed by atoms with Gasteiger partial charge in [0.25, 0.3) is 11.8 Å². The van der Waals surface area contributed by atoms with Crippen LogP contribution >= 0.6 is 11.3 Å². The maximum atomic E-state index is 14.7. The molecule has 2 atom stereocenters. The van der Waals surface area contributed by atoms with Gasteiger partial charge in [0.05, 0.1) is 30.6 Å². The fraction of sp³-hybridized carbons (Fsp3) is 0.297. The van der Waals surface area contributed by atoms with Crippen LogP contribution in [0.1, 0.15) is 56.4 Å². The molecule has 0 spiro atoms. The highest BCUT2D eigenvalue weighted by Crippen LogP contribution is 2.27. The van der Waals surface area contributed by atoms with Gasteiger partial charge < -0.3 is 24.8 Å². The largest absolute Gasteiger partial charge is 0.389 e. The van der Waals surface area contributed by atoms with Gasteiger partial charge in [-0.05, 0) is 69.2 Å². The van der Waals surface area contributed by atoms with Crippen molar-refractivity contribution in [2.24, 2.45) is 0 Å². The average molecular weight is 669 g/mol. The number of alkyl halides is 1. The molecule has 0 fully saturated rings. The molecule has 0 saturated carbocycles. The predicted octanol–water partition coefficient (Wildman–Crippen LogP) is 5.95. The van der Waals surface area contributed by atoms with E-state index < -0.39 is 23.7 Å². The number of halogens is 1. The number of hydrogen-bond donors (Lipinski definition) is 2. The first-order chi connectivity index (χ1) is 22.9. The number of aliphatic hydroxyl groups is 1. The molecule has 5 aromatic rings. The number of aryl methyl sites for hydroxylation is 1. The van der Waals surface area contributed by atoms with Gasteiger partial charge in [-0.3, -0.25) is 14.6 Å². The lowest BCUT2D eigenvalue weighted by Crippen LogP contribution is -2.49. The van der Waals surface area contributed by atoms with Crippen LogP contribution in [0.2, 0.25) is 0 Å². The normalized spacial score (nSPS) is 12.7. The molecule has 48 heavy (non-hydrogen) atoms. The Bertz CT molecular complexity index is 1840. The van der Waals surface area contributed by atoms with Gasteiger partial charge in [0.15, 0.2) is 0 Å². The molecule has 0 saturated heterocycles. The van der Waals surface area contributed by atoms with Gasteiger partial charge in [-0.15, -0.1) is 11.3 Å². The molecule has 3 heterocycles. The summed E-state index contributed by atoms with van der Waals surface area (Å²) in [6, 6.07) is 19.4. The standard InChI is InChI=1S/C37H41FN6O3S/c1-25-24-48-34(40-25)23-43(5)36(47)28-16-27(17-30(18-28)44-13-9-10-14-44)35(46)41-32(15-26-11-7-6-8-12-26)33(45)22-42(4)31-19-29(20-39-21-31)37(2,3)38/h6-14,16-21,24,32-33,45H,15,22-23H2,1-5H3,(H,41,46)/t32-,33+/m0/s1. The number of hydrogen-bond acceptors (Lipinski definition) is 7. The van der Waals surface area contributed by atoms with Crippen molar-refractivity contribution in [2.75, 3.05) is 25.5 Å². The van der Waals surface area contributed by atoms with Crippen molar-refractivity contribution >= 4 is 28.8 Å². The van der Waals surface area contributed by atoms with E-state index in [4.69, 9.17) is 0 Å². The summed E-state index contributed by atoms with van der Waals surface area (Å²) < 4.78 is 16.5. The smallest absolute Gasteiger partial charge is 0.254 e. The summed E-state index contributed by atoms with van der Waals surface area (Å²) in [4.78, 5) is 39.7. The predicted molar refractivity (Wildman–Crippen MR) is 187 cm³/mol. The van der Waals surface area contributed by atoms with Crippen LogP contribution in [0.4, 0.5) is 10.1 Å². The topological polar surface area (TPSA) is 104 Å². The highest BCUT2D eigenvalue weighted by atomic mass is 32.1. The van der Waals surface area contributed by atoms with Crippen LogP contribution in [0.5, 0.6) is 0 Å². The van der Waals surface area contributed by atoms with Crippen molar-refractivity contribution < 1.29 is 19.1 Å². The fourth-order valence-electron chi connectivity index (χ4n) is 5.37. The van der Waals surface area contributed by atoms with Crippen LogP contribution in [-0.2, 0) is 18.6 Å². The second-order valence-electron chi connectivity index (χ2n) is 12.5. The van der Waals surface area contributed by atoms with E-state index in [1.54, 1.807) is 54.4 Å². The number of aromatic nitrogens is 3. The number of carbonyl (C=O) groups excluding carboxylic acids is 2. The summed E-state index contributed by atoms with van der Waals surface area (Å²) in [6.07, 6.45) is 6.15. The highest BCUT2D eigenvalue weighted by molar-refractivity contribution is 7.09. The van der Waals surface area contributed by atoms with Gasteiger partial charge in [0.1, 0.15) is 10.7 Å². The molecule has 3 aromatic heterocycles. The summed E-state index contributed by atoms with van der Waals surface area (Å²) >= 11 is 1.49. The SMILES string of the molecule is Cc1csc(CN(C)C(=O)c2cc(C(=O)N[C@@H](Cc3ccccc3)[C@H](O)CN(C)c3cncc(C(C)(C)F)c3)cc(-n3cccc3)c2)n1. The molecule has 0 aliphatic carbocycles. The Morgan fingerprint density at radius 1 is 1.02 bits per heavy atom. The van der Waals surface area contributed by atoms with E-state index in [9.17, 15) is 19.1 Å². The number of pyridine rings is 1. The van der Waals surface area contributed by atoms with E-state index in [2.05, 4.69) is 15.3 Å². The van der Waals surface area contributed by atoms with Crippen molar-refractivity contribution in [2.45, 2.75) is 51.6 Å². The monoisotopic (exact) mass is 668 g/mol. The third kappa shape index (κ3) is 8.72. The number of anilines is 1. The maximum absolute atomic E-state index is 14.7. The minimum absolute atomic E-state index is 0.143. The molecule has 9 nitrogen and oxygen atoms in total. The van der Waals surface area contributed by atoms with Crippen LogP contribution in [0.25, 0.3) is 5.69 Å². The van der Waals surface area contributed by atoms with Gasteiger partial charge in [-0.25, -0.2) is 9.37 Å². The second kappa shape index (κ2) is 14.9. The Labute approximate surface area is 284 Å². The Morgan fingerprint density at radius 2 is 1.73 bits per heavy atom. The van der Waals surface area contributed by atoms with Crippen LogP contribution < -0.4 is 10.2 Å². The number of nitrogens with zero attached hydrogens (tertiary/aromatic N) is 5. The second-order valence-corrected chi connectivity index (χ2v) is 13.5. The zero-order chi connectivity index (χ0) is 34.4. The number of likely N-dealkylation sites (N-methyl/N-ethyl adjacent to an activating group) is 1. The van der Waals surface area contributed by atoms with Crippen LogP contribution in [-0.4, -0.2) is 69.1 Å². The lowest BCUT2D eigenvalue weighted by atomic mass is 9.99. The number of carbonyl (C=O) groups is 2. The molecular weight excluding hydrogens is 628 g/mol. The van der Waals surface area contributed by atoms with E-state index in [1.807, 2.05) is 71.7 Å². The number of nitrogens with one attached hydrogen (secondary N) is 1. The number of rotatable bonds is 13. The minimum Gasteiger partial charge on any atom is -0.389 e. The molecule has 0 aliphatic rings. The number of thiazole rings is 1. The van der Waals surface area contributed by atoms with Crippen molar-refractivity contribution in [3.63, 3.8) is 0 Å². The molecule has 0 aliphatic heterocycles. The van der Waals surface area contributed by atoms with Crippen molar-refractivity contribution in [3.05, 3.63) is 130 Å². The van der Waals surface area contributed by atoms with Crippen LogP contribution in [0.3, 0.4) is 0 Å². The zero-order valence-corrected chi connectivity index (χ0v) is 28.6. The Hall–Kier alpha value is -4.87. The Balaban J connectivity index is 1.41. The minimum atomic E-state index is -1.57. The lowest BCUT2D eigenvalue weighted by Gasteiger charge is -2.30. The lowest BCUT2D eigenvalue weighted by molar-refractivity contribution is 0.0784. The summed E-state index contributed by atoms with van der Waals surface area (Å²) in [7, 11) is 3.50. The Kier molecular flexibility index (Phi) is 10.7. The van der Waals surface area contributed by atoms with Crippen molar-refractivity contribution in [1.82, 2.24) is 24.8 Å². The van der Waals surface area contributed by atoms with E-state index >= 15 is 0 Å². The quantitative estimate of drug-likeness (QED) is 0.161. The van der Waals surface area contributed by atoms with Crippen LogP contribution in [0, 0.1) is 6.92 Å². The molecule has 0 bridgehead atoms. The van der Waals surface area contributed by atoms with Crippen LogP contribution in [0.15, 0.2) is 96.9 Å². The summed E-state index contributed by atoms with van der Waals surface area (Å²) in [5.74, 6) is -0.678. The first-order valence-electron chi connectivity index (χ1n) is 15.7. The molecule has 0 unspecified atom stereocenters. The molecule has 250 valence electrons. The fourth-order valence-corrected chi connectivity index (χ4v) is 6.19. The zero-order valence-electron chi connectivity index (χ0n) is 27.8. The summed E-state index contributed by atoms with van der Waals surface area (Å²) in [5.41, 5.74) is 2.61. The molecular formula is C37H41FN6O3S. The van der Waals surface area contributed by atoms with Crippen molar-refractivity contribution in [3.8, 4) is 5.69 Å². The van der Waals surface area contributed by atoms with E-state index in [1.165, 1.54) is 31.4 Å². The maximum Gasteiger partial charge on any atom is 0.254 e. The average Bonchev–Trinajstić information content (AvgIpc) is 3.76. The number of aliphatic hydroxyl groups excluding tert-OH is 1. The van der Waals surface area contributed by atoms with Gasteiger partial charge in [0, 0.05) is 72.7 Å². The third-order valence-corrected chi connectivity index (χ3v) is 9.06. The van der Waals surface area contributed by atoms with E-state index in [-0.39, 0.29) is 18.0 Å². The molecule has 11 heteroatoms. The van der Waals surface area contributed by atoms with Gasteiger partial charge in [-0.2, -0.15) is 0 Å². The van der Waals surface area contributed by atoms with E-state index in [0.29, 0.717) is 35.5 Å². The summed E-state index contributed by atoms with van der Waals surface area (Å²) in [6.45, 7) is 5.34. The first-order valence-corrected chi connectivity index (χ1v) is 16.6. The van der Waals surface area contributed by atoms with Gasteiger partial charge in [0.2, 0.25) is 0 Å².